The van der Waals surface area contributed by atoms with Gasteiger partial charge in [0.15, 0.2) is 0 Å². The highest BCUT2D eigenvalue weighted by Gasteiger charge is 2.34. The van der Waals surface area contributed by atoms with Gasteiger partial charge in [0.25, 0.3) is 0 Å². The van der Waals surface area contributed by atoms with E-state index in [0.29, 0.717) is 17.9 Å². The van der Waals surface area contributed by atoms with Crippen molar-refractivity contribution < 1.29 is 5.11 Å². The van der Waals surface area contributed by atoms with Crippen molar-refractivity contribution in [2.24, 2.45) is 17.1 Å². The molecule has 12 heavy (non-hydrogen) atoms. The lowest BCUT2D eigenvalue weighted by Crippen LogP contribution is -2.22. The Morgan fingerprint density at radius 3 is 2.67 bits per heavy atom. The molecule has 3 N–H and O–H groups in total. The molecule has 1 rings (SSSR count). The van der Waals surface area contributed by atoms with Crippen LogP contribution in [0.4, 0.5) is 0 Å². The van der Waals surface area contributed by atoms with Gasteiger partial charge < -0.3 is 10.8 Å². The summed E-state index contributed by atoms with van der Waals surface area (Å²) in [7, 11) is 0. The maximum Gasteiger partial charge on any atom is 0.0580 e. The van der Waals surface area contributed by atoms with E-state index < -0.39 is 0 Å². The van der Waals surface area contributed by atoms with Crippen LogP contribution in [0.2, 0.25) is 0 Å². The van der Waals surface area contributed by atoms with Crippen LogP contribution < -0.4 is 5.73 Å². The van der Waals surface area contributed by atoms with E-state index in [9.17, 15) is 5.11 Å². The van der Waals surface area contributed by atoms with Gasteiger partial charge in [0, 0.05) is 0 Å². The SMILES string of the molecule is CC1(C)CCC(C(O)CCN)C1. The summed E-state index contributed by atoms with van der Waals surface area (Å²) in [4.78, 5) is 0. The minimum Gasteiger partial charge on any atom is -0.393 e. The Bertz CT molecular complexity index is 145. The predicted molar refractivity (Wildman–Crippen MR) is 50.8 cm³/mol. The average molecular weight is 171 g/mol. The first kappa shape index (κ1) is 10.0. The zero-order chi connectivity index (χ0) is 9.19. The van der Waals surface area contributed by atoms with E-state index in [1.54, 1.807) is 0 Å². The Morgan fingerprint density at radius 1 is 1.58 bits per heavy atom. The third kappa shape index (κ3) is 2.46. The quantitative estimate of drug-likeness (QED) is 0.676. The molecule has 1 aliphatic carbocycles. The highest BCUT2D eigenvalue weighted by atomic mass is 16.3. The first-order valence-electron chi connectivity index (χ1n) is 4.93. The molecule has 72 valence electrons. The molecule has 0 amide bonds. The van der Waals surface area contributed by atoms with Gasteiger partial charge in [0.2, 0.25) is 0 Å². The molecular weight excluding hydrogens is 150 g/mol. The molecule has 0 aromatic heterocycles. The Morgan fingerprint density at radius 2 is 2.25 bits per heavy atom. The fraction of sp³-hybridized carbons (Fsp3) is 1.00. The van der Waals surface area contributed by atoms with Gasteiger partial charge in [0.1, 0.15) is 0 Å². The molecule has 2 nitrogen and oxygen atoms in total. The van der Waals surface area contributed by atoms with Crippen LogP contribution in [0.5, 0.6) is 0 Å². The van der Waals surface area contributed by atoms with E-state index in [1.165, 1.54) is 12.8 Å². The standard InChI is InChI=1S/C10H21NO/c1-10(2)5-3-8(7-10)9(12)4-6-11/h8-9,12H,3-7,11H2,1-2H3. The van der Waals surface area contributed by atoms with Crippen molar-refractivity contribution in [2.45, 2.75) is 45.6 Å². The molecule has 2 unspecified atom stereocenters. The van der Waals surface area contributed by atoms with Crippen molar-refractivity contribution in [1.29, 1.82) is 0 Å². The van der Waals surface area contributed by atoms with E-state index >= 15 is 0 Å². The second kappa shape index (κ2) is 3.75. The monoisotopic (exact) mass is 171 g/mol. The van der Waals surface area contributed by atoms with Crippen LogP contribution in [0.15, 0.2) is 0 Å². The largest absolute Gasteiger partial charge is 0.393 e. The number of aliphatic hydroxyl groups excluding tert-OH is 1. The minimum absolute atomic E-state index is 0.156. The summed E-state index contributed by atoms with van der Waals surface area (Å²) in [6, 6.07) is 0. The van der Waals surface area contributed by atoms with Crippen LogP contribution in [0.1, 0.15) is 39.5 Å². The van der Waals surface area contributed by atoms with E-state index in [4.69, 9.17) is 5.73 Å². The van der Waals surface area contributed by atoms with Crippen molar-refractivity contribution in [3.05, 3.63) is 0 Å². The maximum absolute atomic E-state index is 9.70. The zero-order valence-corrected chi connectivity index (χ0v) is 8.21. The summed E-state index contributed by atoms with van der Waals surface area (Å²) in [5, 5.41) is 9.70. The smallest absolute Gasteiger partial charge is 0.0580 e. The highest BCUT2D eigenvalue weighted by Crippen LogP contribution is 2.42. The van der Waals surface area contributed by atoms with Crippen LogP contribution >= 0.6 is 0 Å². The Labute approximate surface area is 75.2 Å². The molecular formula is C10H21NO. The van der Waals surface area contributed by atoms with Crippen LogP contribution in [0.25, 0.3) is 0 Å². The van der Waals surface area contributed by atoms with Crippen LogP contribution in [0.3, 0.4) is 0 Å². The second-order valence-corrected chi connectivity index (χ2v) is 4.81. The number of nitrogens with two attached hydrogens (primary N) is 1. The van der Waals surface area contributed by atoms with E-state index in [0.717, 1.165) is 12.8 Å². The van der Waals surface area contributed by atoms with E-state index in [2.05, 4.69) is 13.8 Å². The van der Waals surface area contributed by atoms with E-state index in [-0.39, 0.29) is 6.10 Å². The molecule has 0 spiro atoms. The molecule has 1 aliphatic rings. The number of hydrogen-bond donors (Lipinski definition) is 2. The zero-order valence-electron chi connectivity index (χ0n) is 8.21. The van der Waals surface area contributed by atoms with E-state index in [1.807, 2.05) is 0 Å². The van der Waals surface area contributed by atoms with Crippen molar-refractivity contribution in [1.82, 2.24) is 0 Å². The lowest BCUT2D eigenvalue weighted by Gasteiger charge is -2.20. The number of hydrogen-bond acceptors (Lipinski definition) is 2. The van der Waals surface area contributed by atoms with Gasteiger partial charge in [-0.25, -0.2) is 0 Å². The summed E-state index contributed by atoms with van der Waals surface area (Å²) in [6.07, 6.45) is 4.19. The van der Waals surface area contributed by atoms with Gasteiger partial charge in [-0.1, -0.05) is 13.8 Å². The number of aliphatic hydroxyl groups is 1. The molecule has 0 bridgehead atoms. The third-order valence-corrected chi connectivity index (χ3v) is 3.01. The molecule has 0 aromatic carbocycles. The van der Waals surface area contributed by atoms with Gasteiger partial charge >= 0.3 is 0 Å². The Kier molecular flexibility index (Phi) is 3.13. The Hall–Kier alpha value is -0.0800. The van der Waals surface area contributed by atoms with Crippen molar-refractivity contribution in [3.63, 3.8) is 0 Å². The summed E-state index contributed by atoms with van der Waals surface area (Å²) >= 11 is 0. The molecule has 0 aromatic rings. The fourth-order valence-electron chi connectivity index (χ4n) is 2.22. The summed E-state index contributed by atoms with van der Waals surface area (Å²) in [5.74, 6) is 0.503. The summed E-state index contributed by atoms with van der Waals surface area (Å²) in [6.45, 7) is 5.17. The highest BCUT2D eigenvalue weighted by molar-refractivity contribution is 4.85. The van der Waals surface area contributed by atoms with Crippen LogP contribution in [-0.2, 0) is 0 Å². The van der Waals surface area contributed by atoms with Crippen molar-refractivity contribution in [2.75, 3.05) is 6.54 Å². The third-order valence-electron chi connectivity index (χ3n) is 3.01. The predicted octanol–water partition coefficient (Wildman–Crippen LogP) is 1.52. The van der Waals surface area contributed by atoms with Gasteiger partial charge in [-0.2, -0.15) is 0 Å². The van der Waals surface area contributed by atoms with Gasteiger partial charge in [-0.15, -0.1) is 0 Å². The van der Waals surface area contributed by atoms with Gasteiger partial charge in [0.05, 0.1) is 6.10 Å². The minimum atomic E-state index is -0.156. The molecule has 2 heteroatoms. The molecule has 1 fully saturated rings. The first-order valence-corrected chi connectivity index (χ1v) is 4.93. The first-order chi connectivity index (χ1) is 5.55. The molecule has 0 radical (unpaired) electrons. The molecule has 1 saturated carbocycles. The molecule has 0 aliphatic heterocycles. The second-order valence-electron chi connectivity index (χ2n) is 4.81. The van der Waals surface area contributed by atoms with Crippen LogP contribution in [-0.4, -0.2) is 17.8 Å². The number of rotatable bonds is 3. The lowest BCUT2D eigenvalue weighted by atomic mass is 9.89. The topological polar surface area (TPSA) is 46.2 Å². The molecule has 2 atom stereocenters. The molecule has 0 saturated heterocycles. The van der Waals surface area contributed by atoms with Gasteiger partial charge in [-0.3, -0.25) is 0 Å². The van der Waals surface area contributed by atoms with Crippen molar-refractivity contribution >= 4 is 0 Å². The summed E-state index contributed by atoms with van der Waals surface area (Å²) < 4.78 is 0. The average Bonchev–Trinajstić information content (AvgIpc) is 2.31. The summed E-state index contributed by atoms with van der Waals surface area (Å²) in [5.41, 5.74) is 5.85. The fourth-order valence-corrected chi connectivity index (χ4v) is 2.22. The van der Waals surface area contributed by atoms with Crippen molar-refractivity contribution in [3.8, 4) is 0 Å². The van der Waals surface area contributed by atoms with Crippen LogP contribution in [0, 0.1) is 11.3 Å². The van der Waals surface area contributed by atoms with Gasteiger partial charge in [-0.05, 0) is 43.6 Å². The normalized spacial score (nSPS) is 30.5. The lowest BCUT2D eigenvalue weighted by molar-refractivity contribution is 0.0983. The Balaban J connectivity index is 2.36. The maximum atomic E-state index is 9.70. The molecule has 0 heterocycles.